The van der Waals surface area contributed by atoms with Crippen LogP contribution in [0.1, 0.15) is 37.6 Å². The standard InChI is InChI=1S/C13H20ClN3O2S/c1-3-5-11-16-12(14)9(2)13(17-11)15-10-6-4-7-20(18,19)8-10/h10H,3-8H2,1-2H3,(H,15,16,17). The largest absolute Gasteiger partial charge is 0.366 e. The first-order valence-electron chi connectivity index (χ1n) is 6.91. The molecule has 0 radical (unpaired) electrons. The maximum absolute atomic E-state index is 11.7. The number of hydrogen-bond donors (Lipinski definition) is 1. The van der Waals surface area contributed by atoms with Crippen molar-refractivity contribution in [3.63, 3.8) is 0 Å². The summed E-state index contributed by atoms with van der Waals surface area (Å²) >= 11 is 6.12. The molecular weight excluding hydrogens is 298 g/mol. The van der Waals surface area contributed by atoms with Crippen molar-refractivity contribution in [2.75, 3.05) is 16.8 Å². The van der Waals surface area contributed by atoms with Crippen molar-refractivity contribution in [2.45, 2.75) is 45.6 Å². The molecule has 0 saturated carbocycles. The third-order valence-electron chi connectivity index (χ3n) is 3.41. The maximum Gasteiger partial charge on any atom is 0.152 e. The number of nitrogens with zero attached hydrogens (tertiary/aromatic N) is 2. The molecule has 1 atom stereocenters. The average molecular weight is 318 g/mol. The zero-order valence-electron chi connectivity index (χ0n) is 11.8. The van der Waals surface area contributed by atoms with E-state index >= 15 is 0 Å². The Morgan fingerprint density at radius 2 is 2.15 bits per heavy atom. The number of aromatic nitrogens is 2. The molecule has 0 amide bonds. The van der Waals surface area contributed by atoms with Crippen LogP contribution in [-0.4, -0.2) is 35.9 Å². The number of sulfone groups is 1. The highest BCUT2D eigenvalue weighted by Gasteiger charge is 2.25. The summed E-state index contributed by atoms with van der Waals surface area (Å²) in [4.78, 5) is 8.70. The average Bonchev–Trinajstić information content (AvgIpc) is 2.34. The second kappa shape index (κ2) is 6.26. The minimum atomic E-state index is -2.93. The summed E-state index contributed by atoms with van der Waals surface area (Å²) in [5, 5.41) is 3.66. The van der Waals surface area contributed by atoms with E-state index in [1.54, 1.807) is 0 Å². The Balaban J connectivity index is 2.19. The van der Waals surface area contributed by atoms with E-state index in [0.717, 1.165) is 24.8 Å². The normalized spacial score (nSPS) is 21.6. The summed E-state index contributed by atoms with van der Waals surface area (Å²) in [7, 11) is -2.93. The molecule has 1 unspecified atom stereocenters. The summed E-state index contributed by atoms with van der Waals surface area (Å²) in [6, 6.07) is -0.0899. The van der Waals surface area contributed by atoms with E-state index in [1.807, 2.05) is 6.92 Å². The predicted octanol–water partition coefficient (Wildman–Crippen LogP) is 2.38. The van der Waals surface area contributed by atoms with Gasteiger partial charge in [-0.05, 0) is 26.2 Å². The molecule has 7 heteroatoms. The zero-order valence-corrected chi connectivity index (χ0v) is 13.4. The van der Waals surface area contributed by atoms with Crippen LogP contribution in [-0.2, 0) is 16.3 Å². The molecule has 112 valence electrons. The van der Waals surface area contributed by atoms with Gasteiger partial charge in [0.2, 0.25) is 0 Å². The minimum absolute atomic E-state index is 0.0899. The summed E-state index contributed by atoms with van der Waals surface area (Å²) in [6.45, 7) is 3.90. The van der Waals surface area contributed by atoms with Crippen molar-refractivity contribution in [3.8, 4) is 0 Å². The van der Waals surface area contributed by atoms with Gasteiger partial charge in [-0.3, -0.25) is 0 Å². The maximum atomic E-state index is 11.7. The number of anilines is 1. The van der Waals surface area contributed by atoms with Gasteiger partial charge in [0, 0.05) is 18.0 Å². The minimum Gasteiger partial charge on any atom is -0.366 e. The first-order valence-corrected chi connectivity index (χ1v) is 9.11. The number of nitrogens with one attached hydrogen (secondary N) is 1. The lowest BCUT2D eigenvalue weighted by atomic mass is 10.2. The Labute approximate surface area is 125 Å². The van der Waals surface area contributed by atoms with Crippen molar-refractivity contribution < 1.29 is 8.42 Å². The van der Waals surface area contributed by atoms with Gasteiger partial charge in [0.05, 0.1) is 11.5 Å². The molecular formula is C13H20ClN3O2S. The second-order valence-electron chi connectivity index (χ2n) is 5.25. The molecule has 20 heavy (non-hydrogen) atoms. The van der Waals surface area contributed by atoms with E-state index < -0.39 is 9.84 Å². The van der Waals surface area contributed by atoms with E-state index in [2.05, 4.69) is 22.2 Å². The zero-order chi connectivity index (χ0) is 14.8. The topological polar surface area (TPSA) is 72.0 Å². The van der Waals surface area contributed by atoms with Crippen molar-refractivity contribution in [1.82, 2.24) is 9.97 Å². The number of rotatable bonds is 4. The molecule has 1 saturated heterocycles. The molecule has 2 heterocycles. The molecule has 1 aliphatic rings. The molecule has 0 aliphatic carbocycles. The highest BCUT2D eigenvalue weighted by Crippen LogP contribution is 2.23. The lowest BCUT2D eigenvalue weighted by molar-refractivity contribution is 0.561. The van der Waals surface area contributed by atoms with Crippen molar-refractivity contribution in [1.29, 1.82) is 0 Å². The van der Waals surface area contributed by atoms with Crippen LogP contribution in [0.4, 0.5) is 5.82 Å². The molecule has 1 aromatic rings. The van der Waals surface area contributed by atoms with Crippen LogP contribution >= 0.6 is 11.6 Å². The molecule has 1 N–H and O–H groups in total. The van der Waals surface area contributed by atoms with Gasteiger partial charge < -0.3 is 5.32 Å². The Morgan fingerprint density at radius 3 is 2.80 bits per heavy atom. The van der Waals surface area contributed by atoms with Gasteiger partial charge >= 0.3 is 0 Å². The van der Waals surface area contributed by atoms with Crippen LogP contribution in [0, 0.1) is 6.92 Å². The Bertz CT molecular complexity index is 590. The fourth-order valence-corrected chi connectivity index (χ4v) is 4.16. The Morgan fingerprint density at radius 1 is 1.40 bits per heavy atom. The molecule has 1 aliphatic heterocycles. The van der Waals surface area contributed by atoms with Crippen molar-refractivity contribution >= 4 is 27.3 Å². The highest BCUT2D eigenvalue weighted by molar-refractivity contribution is 7.91. The summed E-state index contributed by atoms with van der Waals surface area (Å²) in [5.41, 5.74) is 0.773. The van der Waals surface area contributed by atoms with E-state index in [1.165, 1.54) is 0 Å². The molecule has 0 spiro atoms. The molecule has 5 nitrogen and oxygen atoms in total. The van der Waals surface area contributed by atoms with Crippen molar-refractivity contribution in [3.05, 3.63) is 16.5 Å². The van der Waals surface area contributed by atoms with Crippen LogP contribution in [0.2, 0.25) is 5.15 Å². The monoisotopic (exact) mass is 317 g/mol. The molecule has 0 bridgehead atoms. The lowest BCUT2D eigenvalue weighted by Crippen LogP contribution is -2.35. The number of aryl methyl sites for hydroxylation is 1. The van der Waals surface area contributed by atoms with Crippen LogP contribution in [0.3, 0.4) is 0 Å². The molecule has 2 rings (SSSR count). The Hall–Kier alpha value is -0.880. The van der Waals surface area contributed by atoms with Crippen LogP contribution in [0.25, 0.3) is 0 Å². The smallest absolute Gasteiger partial charge is 0.152 e. The van der Waals surface area contributed by atoms with Gasteiger partial charge in [0.15, 0.2) is 9.84 Å². The molecule has 0 aromatic carbocycles. The third-order valence-corrected chi connectivity index (χ3v) is 5.60. The van der Waals surface area contributed by atoms with E-state index in [4.69, 9.17) is 11.6 Å². The van der Waals surface area contributed by atoms with Crippen LogP contribution in [0.5, 0.6) is 0 Å². The Kier molecular flexibility index (Phi) is 4.86. The van der Waals surface area contributed by atoms with Crippen LogP contribution < -0.4 is 5.32 Å². The van der Waals surface area contributed by atoms with Gasteiger partial charge in [0.1, 0.15) is 16.8 Å². The molecule has 1 fully saturated rings. The quantitative estimate of drug-likeness (QED) is 0.863. The summed E-state index contributed by atoms with van der Waals surface area (Å²) < 4.78 is 23.3. The van der Waals surface area contributed by atoms with Gasteiger partial charge in [-0.15, -0.1) is 0 Å². The van der Waals surface area contributed by atoms with E-state index in [9.17, 15) is 8.42 Å². The van der Waals surface area contributed by atoms with Crippen LogP contribution in [0.15, 0.2) is 0 Å². The third kappa shape index (κ3) is 3.82. The van der Waals surface area contributed by atoms with E-state index in [-0.39, 0.29) is 17.5 Å². The van der Waals surface area contributed by atoms with Gasteiger partial charge in [-0.2, -0.15) is 0 Å². The number of hydrogen-bond acceptors (Lipinski definition) is 5. The first kappa shape index (κ1) is 15.5. The lowest BCUT2D eigenvalue weighted by Gasteiger charge is -2.24. The van der Waals surface area contributed by atoms with Gasteiger partial charge in [-0.1, -0.05) is 18.5 Å². The SMILES string of the molecule is CCCc1nc(Cl)c(C)c(NC2CCCS(=O)(=O)C2)n1. The fourth-order valence-electron chi connectivity index (χ4n) is 2.34. The highest BCUT2D eigenvalue weighted by atomic mass is 35.5. The van der Waals surface area contributed by atoms with Gasteiger partial charge in [0.25, 0.3) is 0 Å². The summed E-state index contributed by atoms with van der Waals surface area (Å²) in [5.74, 6) is 1.81. The number of halogens is 1. The van der Waals surface area contributed by atoms with Crippen molar-refractivity contribution in [2.24, 2.45) is 0 Å². The summed E-state index contributed by atoms with van der Waals surface area (Å²) in [6.07, 6.45) is 3.23. The van der Waals surface area contributed by atoms with Gasteiger partial charge in [-0.25, -0.2) is 18.4 Å². The predicted molar refractivity (Wildman–Crippen MR) is 81.1 cm³/mol. The van der Waals surface area contributed by atoms with E-state index in [0.29, 0.717) is 23.2 Å². The second-order valence-corrected chi connectivity index (χ2v) is 7.84. The molecule has 1 aromatic heterocycles. The first-order chi connectivity index (χ1) is 9.41. The fraction of sp³-hybridized carbons (Fsp3) is 0.692.